The van der Waals surface area contributed by atoms with E-state index in [2.05, 4.69) is 29.9 Å². The Balaban J connectivity index is 1.68. The fourth-order valence-electron chi connectivity index (χ4n) is 3.47. The summed E-state index contributed by atoms with van der Waals surface area (Å²) in [7, 11) is 3.73. The second-order valence-electron chi connectivity index (χ2n) is 6.26. The van der Waals surface area contributed by atoms with Gasteiger partial charge >= 0.3 is 0 Å². The number of carbonyl (C=O) groups is 1. The van der Waals surface area contributed by atoms with Crippen LogP contribution in [-0.4, -0.2) is 17.5 Å². The van der Waals surface area contributed by atoms with Crippen LogP contribution in [0.25, 0.3) is 10.9 Å². The highest BCUT2D eigenvalue weighted by atomic mass is 16.5. The molecule has 0 aliphatic heterocycles. The first-order valence-corrected chi connectivity index (χ1v) is 7.91. The van der Waals surface area contributed by atoms with Gasteiger partial charge in [-0.25, -0.2) is 0 Å². The van der Waals surface area contributed by atoms with E-state index in [0.29, 0.717) is 5.92 Å². The molecule has 3 heteroatoms. The molecule has 23 heavy (non-hydrogen) atoms. The third-order valence-electron chi connectivity index (χ3n) is 4.81. The van der Waals surface area contributed by atoms with E-state index >= 15 is 0 Å². The van der Waals surface area contributed by atoms with Crippen molar-refractivity contribution in [1.29, 1.82) is 0 Å². The van der Waals surface area contributed by atoms with Gasteiger partial charge < -0.3 is 9.30 Å². The van der Waals surface area contributed by atoms with Crippen LogP contribution in [0, 0.1) is 5.92 Å². The van der Waals surface area contributed by atoms with Gasteiger partial charge in [0.1, 0.15) is 5.75 Å². The van der Waals surface area contributed by atoms with Gasteiger partial charge in [-0.2, -0.15) is 0 Å². The molecule has 0 radical (unpaired) electrons. The number of rotatable bonds is 4. The summed E-state index contributed by atoms with van der Waals surface area (Å²) >= 11 is 0. The van der Waals surface area contributed by atoms with Gasteiger partial charge in [0.15, 0.2) is 5.78 Å². The summed E-state index contributed by atoms with van der Waals surface area (Å²) in [5.74, 6) is 1.54. The highest BCUT2D eigenvalue weighted by molar-refractivity contribution is 6.01. The number of ketones is 1. The zero-order valence-electron chi connectivity index (χ0n) is 13.3. The molecule has 1 aliphatic carbocycles. The van der Waals surface area contributed by atoms with Crippen molar-refractivity contribution in [2.45, 2.75) is 12.3 Å². The van der Waals surface area contributed by atoms with Gasteiger partial charge in [0, 0.05) is 35.6 Å². The monoisotopic (exact) mass is 305 g/mol. The first-order valence-electron chi connectivity index (χ1n) is 7.91. The Morgan fingerprint density at radius 2 is 1.96 bits per heavy atom. The van der Waals surface area contributed by atoms with Crippen LogP contribution < -0.4 is 4.74 Å². The molecule has 0 amide bonds. The lowest BCUT2D eigenvalue weighted by Gasteiger charge is -2.02. The number of ether oxygens (including phenoxy) is 1. The summed E-state index contributed by atoms with van der Waals surface area (Å²) in [4.78, 5) is 12.6. The van der Waals surface area contributed by atoms with Gasteiger partial charge in [0.05, 0.1) is 7.11 Å². The number of aromatic nitrogens is 1. The van der Waals surface area contributed by atoms with E-state index in [1.165, 1.54) is 16.5 Å². The molecule has 0 bridgehead atoms. The quantitative estimate of drug-likeness (QED) is 0.677. The second-order valence-corrected chi connectivity index (χ2v) is 6.26. The van der Waals surface area contributed by atoms with E-state index in [-0.39, 0.29) is 11.7 Å². The van der Waals surface area contributed by atoms with Crippen molar-refractivity contribution >= 4 is 16.7 Å². The first kappa shape index (κ1) is 14.1. The third-order valence-corrected chi connectivity index (χ3v) is 4.81. The van der Waals surface area contributed by atoms with Crippen LogP contribution in [0.15, 0.2) is 54.7 Å². The van der Waals surface area contributed by atoms with Crippen LogP contribution in [0.2, 0.25) is 0 Å². The van der Waals surface area contributed by atoms with Crippen molar-refractivity contribution in [3.63, 3.8) is 0 Å². The number of hydrogen-bond acceptors (Lipinski definition) is 2. The Bertz CT molecular complexity index is 879. The number of aryl methyl sites for hydroxylation is 1. The van der Waals surface area contributed by atoms with Gasteiger partial charge in [0.25, 0.3) is 0 Å². The molecule has 3 aromatic rings. The normalized spacial score (nSPS) is 19.7. The van der Waals surface area contributed by atoms with E-state index < -0.39 is 0 Å². The molecule has 2 aromatic carbocycles. The van der Waals surface area contributed by atoms with Gasteiger partial charge in [-0.1, -0.05) is 30.3 Å². The largest absolute Gasteiger partial charge is 0.497 e. The fourth-order valence-corrected chi connectivity index (χ4v) is 3.47. The van der Waals surface area contributed by atoms with Crippen molar-refractivity contribution in [2.75, 3.05) is 7.11 Å². The minimum atomic E-state index is 0.106. The van der Waals surface area contributed by atoms with Crippen molar-refractivity contribution in [2.24, 2.45) is 13.0 Å². The highest BCUT2D eigenvalue weighted by Gasteiger charge is 2.45. The second kappa shape index (κ2) is 5.27. The Hall–Kier alpha value is -2.55. The van der Waals surface area contributed by atoms with Crippen LogP contribution in [0.5, 0.6) is 5.75 Å². The summed E-state index contributed by atoms with van der Waals surface area (Å²) in [6.07, 6.45) is 3.09. The molecule has 3 nitrogen and oxygen atoms in total. The molecule has 1 heterocycles. The maximum atomic E-state index is 12.6. The van der Waals surface area contributed by atoms with Crippen LogP contribution in [0.3, 0.4) is 0 Å². The molecule has 1 saturated carbocycles. The maximum Gasteiger partial charge on any atom is 0.166 e. The van der Waals surface area contributed by atoms with Crippen LogP contribution in [0.4, 0.5) is 0 Å². The predicted molar refractivity (Wildman–Crippen MR) is 91.1 cm³/mol. The van der Waals surface area contributed by atoms with Gasteiger partial charge in [-0.3, -0.25) is 4.79 Å². The van der Waals surface area contributed by atoms with E-state index in [4.69, 9.17) is 4.74 Å². The number of hydrogen-bond donors (Lipinski definition) is 0. The molecule has 116 valence electrons. The standard InChI is InChI=1S/C20H19NO2/c1-21-12-18(16-10-14(23-2)8-9-19(16)21)15-11-17(15)20(22)13-6-4-3-5-7-13/h3-10,12,15,17H,11H2,1-2H3. The molecule has 1 fully saturated rings. The van der Waals surface area contributed by atoms with E-state index in [1.54, 1.807) is 7.11 Å². The molecule has 1 aliphatic rings. The molecule has 2 unspecified atom stereocenters. The van der Waals surface area contributed by atoms with Crippen LogP contribution >= 0.6 is 0 Å². The minimum absolute atomic E-state index is 0.106. The van der Waals surface area contributed by atoms with E-state index in [1.807, 2.05) is 36.4 Å². The zero-order chi connectivity index (χ0) is 16.0. The van der Waals surface area contributed by atoms with Crippen molar-refractivity contribution in [3.05, 3.63) is 65.9 Å². The summed E-state index contributed by atoms with van der Waals surface area (Å²) < 4.78 is 7.49. The Morgan fingerprint density at radius 1 is 1.17 bits per heavy atom. The number of fused-ring (bicyclic) bond motifs is 1. The summed E-state index contributed by atoms with van der Waals surface area (Å²) in [6, 6.07) is 15.7. The smallest absolute Gasteiger partial charge is 0.166 e. The number of nitrogens with zero attached hydrogens (tertiary/aromatic N) is 1. The Kier molecular flexibility index (Phi) is 3.22. The molecule has 0 saturated heterocycles. The lowest BCUT2D eigenvalue weighted by atomic mass is 10.0. The number of methoxy groups -OCH3 is 1. The molecule has 0 spiro atoms. The van der Waals surface area contributed by atoms with Crippen molar-refractivity contribution in [3.8, 4) is 5.75 Å². The Morgan fingerprint density at radius 3 is 2.70 bits per heavy atom. The molecule has 2 atom stereocenters. The zero-order valence-corrected chi connectivity index (χ0v) is 13.3. The lowest BCUT2D eigenvalue weighted by Crippen LogP contribution is -2.02. The predicted octanol–water partition coefficient (Wildman–Crippen LogP) is 4.17. The molecule has 1 aromatic heterocycles. The Labute approximate surface area is 135 Å². The number of carbonyl (C=O) groups excluding carboxylic acids is 1. The minimum Gasteiger partial charge on any atom is -0.497 e. The summed E-state index contributed by atoms with van der Waals surface area (Å²) in [5.41, 5.74) is 3.26. The summed E-state index contributed by atoms with van der Waals surface area (Å²) in [6.45, 7) is 0. The average molecular weight is 305 g/mol. The lowest BCUT2D eigenvalue weighted by molar-refractivity contribution is 0.0965. The van der Waals surface area contributed by atoms with E-state index in [9.17, 15) is 4.79 Å². The third kappa shape index (κ3) is 2.33. The molecular formula is C20H19NO2. The van der Waals surface area contributed by atoms with Gasteiger partial charge in [0.2, 0.25) is 0 Å². The van der Waals surface area contributed by atoms with Gasteiger partial charge in [-0.05, 0) is 36.1 Å². The number of Topliss-reactive ketones (excluding diaryl/α,β-unsaturated/α-hetero) is 1. The van der Waals surface area contributed by atoms with Crippen molar-refractivity contribution in [1.82, 2.24) is 4.57 Å². The molecule has 0 N–H and O–H groups in total. The van der Waals surface area contributed by atoms with Crippen LogP contribution in [-0.2, 0) is 7.05 Å². The van der Waals surface area contributed by atoms with E-state index in [0.717, 1.165) is 17.7 Å². The van der Waals surface area contributed by atoms with Crippen molar-refractivity contribution < 1.29 is 9.53 Å². The average Bonchev–Trinajstić information content (AvgIpc) is 3.33. The van der Waals surface area contributed by atoms with Crippen LogP contribution in [0.1, 0.15) is 28.3 Å². The highest BCUT2D eigenvalue weighted by Crippen LogP contribution is 2.51. The maximum absolute atomic E-state index is 12.6. The van der Waals surface area contributed by atoms with Gasteiger partial charge in [-0.15, -0.1) is 0 Å². The molecular weight excluding hydrogens is 286 g/mol. The topological polar surface area (TPSA) is 31.2 Å². The first-order chi connectivity index (χ1) is 11.2. The SMILES string of the molecule is COc1ccc2c(c1)c(C1CC1C(=O)c1ccccc1)cn2C. The molecule has 4 rings (SSSR count). The summed E-state index contributed by atoms with van der Waals surface area (Å²) in [5, 5.41) is 1.19. The fraction of sp³-hybridized carbons (Fsp3) is 0.250. The number of benzene rings is 2.